The molecule has 1 aliphatic carbocycles. The number of nitrogens with zero attached hydrogens (tertiary/aromatic N) is 2. The SMILES string of the molecule is CC[C@H]1OC(=O)[C@H](C)[C@@H](O[C@H]2C[C@@](C)(OC)[C@@H](OC(=O)CCNCCNc3cc4c(cc3F)c(=O)c(C(=O)O)cn4C3CC3)[C@H](C)O2)[C@H](C)[C@@H](O[C@@H]2O[C@H](C)C[C@H](N(C)C)[C@H]2O)[C@](C)(O)C[C@@H](C)C(=O)[C@H](C)[C@@H](O)[C@]1(C)O. The highest BCUT2D eigenvalue weighted by Gasteiger charge is 2.54. The summed E-state index contributed by atoms with van der Waals surface area (Å²) in [6.07, 6.45) is -7.98. The number of anilines is 1. The van der Waals surface area contributed by atoms with Gasteiger partial charge in [0, 0.05) is 74.6 Å². The van der Waals surface area contributed by atoms with Crippen LogP contribution < -0.4 is 16.1 Å². The van der Waals surface area contributed by atoms with Crippen molar-refractivity contribution in [1.82, 2.24) is 14.8 Å². The van der Waals surface area contributed by atoms with Crippen molar-refractivity contribution in [2.24, 2.45) is 23.7 Å². The van der Waals surface area contributed by atoms with Crippen molar-refractivity contribution in [2.45, 2.75) is 204 Å². The zero-order chi connectivity index (χ0) is 57.2. The number of methoxy groups -OCH3 is 1. The van der Waals surface area contributed by atoms with E-state index in [1.54, 1.807) is 46.1 Å². The summed E-state index contributed by atoms with van der Waals surface area (Å²) in [5, 5.41) is 63.3. The predicted molar refractivity (Wildman–Crippen MR) is 280 cm³/mol. The van der Waals surface area contributed by atoms with E-state index in [0.717, 1.165) is 18.9 Å². The number of carbonyl (C=O) groups is 4. The Morgan fingerprint density at radius 2 is 1.60 bits per heavy atom. The third kappa shape index (κ3) is 13.9. The molecule has 6 rings (SSSR count). The molecule has 4 aliphatic rings. The summed E-state index contributed by atoms with van der Waals surface area (Å²) in [7, 11) is 5.11. The molecule has 2 aromatic rings. The number of aromatic carboxylic acids is 1. The number of aliphatic hydroxyl groups is 4. The van der Waals surface area contributed by atoms with E-state index in [9.17, 15) is 49.5 Å². The number of aromatic nitrogens is 1. The summed E-state index contributed by atoms with van der Waals surface area (Å²) >= 11 is 0. The van der Waals surface area contributed by atoms with Gasteiger partial charge in [-0.3, -0.25) is 19.2 Å². The molecule has 1 aromatic carbocycles. The van der Waals surface area contributed by atoms with Crippen LogP contribution in [0.1, 0.15) is 131 Å². The van der Waals surface area contributed by atoms with Gasteiger partial charge in [0.05, 0.1) is 59.7 Å². The van der Waals surface area contributed by atoms with Gasteiger partial charge in [-0.15, -0.1) is 0 Å². The van der Waals surface area contributed by atoms with Crippen LogP contribution in [0.2, 0.25) is 0 Å². The highest BCUT2D eigenvalue weighted by molar-refractivity contribution is 5.93. The number of fused-ring (bicyclic) bond motifs is 1. The summed E-state index contributed by atoms with van der Waals surface area (Å²) in [5.41, 5.74) is -5.79. The fourth-order valence-corrected chi connectivity index (χ4v) is 11.7. The van der Waals surface area contributed by atoms with Gasteiger partial charge in [-0.25, -0.2) is 9.18 Å². The van der Waals surface area contributed by atoms with Crippen LogP contribution in [0.5, 0.6) is 0 Å². The minimum Gasteiger partial charge on any atom is -0.477 e. The van der Waals surface area contributed by atoms with E-state index in [1.165, 1.54) is 40.1 Å². The predicted octanol–water partition coefficient (Wildman–Crippen LogP) is 3.92. The van der Waals surface area contributed by atoms with Crippen LogP contribution in [0.3, 0.4) is 0 Å². The number of hydrogen-bond donors (Lipinski definition) is 7. The number of benzene rings is 1. The molecule has 0 unspecified atom stereocenters. The number of halogens is 1. The standard InChI is InChI=1S/C55H85FN4O17/c1-14-40-55(10,70)47(65)29(4)43(62)27(2)24-53(8,69)48(77-52-45(64)39(59(11)12)21-28(3)72-52)30(5)46(31(6)51(68)74-40)76-42-25-54(9,71-13)49(32(7)73-42)75-41(61)17-18-57-19-20-58-37-23-38-34(22-36(37)56)44(63)35(50(66)67)26-60(38)33-15-16-33/h22-23,26-33,39-40,42,45-49,52,57-58,64-65,69-70H,14-21,24-25H2,1-13H3,(H,66,67)/t27-,28-,29+,30+,31-,32+,39+,40-,42+,45-,46+,47-,48-,49+,52+,53-,54-,55-/m1/s1. The molecule has 1 aromatic heterocycles. The molecule has 0 bridgehead atoms. The Hall–Kier alpha value is -4.20. The minimum absolute atomic E-state index is 0.0146. The maximum absolute atomic E-state index is 15.2. The number of cyclic esters (lactones) is 1. The molecule has 434 valence electrons. The Bertz CT molecular complexity index is 2470. The number of aliphatic hydroxyl groups excluding tert-OH is 2. The van der Waals surface area contributed by atoms with Gasteiger partial charge in [0.2, 0.25) is 5.43 Å². The molecule has 7 N–H and O–H groups in total. The van der Waals surface area contributed by atoms with E-state index in [-0.39, 0.29) is 68.0 Å². The highest BCUT2D eigenvalue weighted by Crippen LogP contribution is 2.42. The van der Waals surface area contributed by atoms with E-state index in [2.05, 4.69) is 10.6 Å². The number of ether oxygens (including phenoxy) is 7. The quantitative estimate of drug-likeness (QED) is 0.0873. The lowest BCUT2D eigenvalue weighted by Crippen LogP contribution is -2.61. The number of carbonyl (C=O) groups excluding carboxylic acids is 3. The molecule has 22 heteroatoms. The molecule has 4 fully saturated rings. The zero-order valence-electron chi connectivity index (χ0n) is 46.9. The van der Waals surface area contributed by atoms with Crippen LogP contribution >= 0.6 is 0 Å². The second-order valence-electron chi connectivity index (χ2n) is 23.0. The number of ketones is 1. The molecule has 21 nitrogen and oxygen atoms in total. The number of esters is 2. The van der Waals surface area contributed by atoms with E-state index in [1.807, 2.05) is 25.9 Å². The maximum Gasteiger partial charge on any atom is 0.341 e. The fraction of sp³-hybridized carbons (Fsp3) is 0.764. The first-order valence-electron chi connectivity index (χ1n) is 27.1. The van der Waals surface area contributed by atoms with Crippen molar-refractivity contribution in [3.63, 3.8) is 0 Å². The monoisotopic (exact) mass is 1090 g/mol. The number of Topliss-reactive ketones (excluding diaryl/α,β-unsaturated/α-hetero) is 1. The average molecular weight is 1090 g/mol. The van der Waals surface area contributed by atoms with Gasteiger partial charge in [-0.1, -0.05) is 27.7 Å². The molecule has 3 saturated heterocycles. The zero-order valence-corrected chi connectivity index (χ0v) is 46.9. The first-order valence-corrected chi connectivity index (χ1v) is 27.1. The van der Waals surface area contributed by atoms with E-state index >= 15 is 4.39 Å². The topological polar surface area (TPSA) is 283 Å². The van der Waals surface area contributed by atoms with Crippen LogP contribution in [0, 0.1) is 29.5 Å². The Morgan fingerprint density at radius 3 is 2.21 bits per heavy atom. The van der Waals surface area contributed by atoms with Crippen LogP contribution in [-0.4, -0.2) is 184 Å². The van der Waals surface area contributed by atoms with Gasteiger partial charge < -0.3 is 78.8 Å². The molecule has 0 spiro atoms. The molecular weight excluding hydrogens is 1010 g/mol. The van der Waals surface area contributed by atoms with Gasteiger partial charge in [0.25, 0.3) is 0 Å². The fourth-order valence-electron chi connectivity index (χ4n) is 11.7. The first kappa shape index (κ1) is 62.0. The number of rotatable bonds is 17. The van der Waals surface area contributed by atoms with E-state index in [0.29, 0.717) is 18.5 Å². The smallest absolute Gasteiger partial charge is 0.341 e. The van der Waals surface area contributed by atoms with Crippen molar-refractivity contribution in [3.8, 4) is 0 Å². The van der Waals surface area contributed by atoms with Crippen LogP contribution in [0.15, 0.2) is 23.1 Å². The van der Waals surface area contributed by atoms with Crippen molar-refractivity contribution in [1.29, 1.82) is 0 Å². The van der Waals surface area contributed by atoms with Crippen molar-refractivity contribution < 1.29 is 82.3 Å². The summed E-state index contributed by atoms with van der Waals surface area (Å²) in [4.78, 5) is 68.4. The van der Waals surface area contributed by atoms with Crippen LogP contribution in [0.4, 0.5) is 10.1 Å². The lowest BCUT2D eigenvalue weighted by Gasteiger charge is -2.49. The number of hydrogen-bond acceptors (Lipinski definition) is 19. The van der Waals surface area contributed by atoms with Crippen molar-refractivity contribution in [3.05, 3.63) is 39.9 Å². The second kappa shape index (κ2) is 25.1. The van der Waals surface area contributed by atoms with Gasteiger partial charge in [-0.2, -0.15) is 0 Å². The molecule has 18 atom stereocenters. The number of nitrogens with one attached hydrogen (secondary N) is 2. The molecular formula is C55H85FN4O17. The summed E-state index contributed by atoms with van der Waals surface area (Å²) in [6, 6.07) is 2.19. The Balaban J connectivity index is 1.17. The first-order chi connectivity index (χ1) is 36.0. The highest BCUT2D eigenvalue weighted by atomic mass is 19.1. The van der Waals surface area contributed by atoms with E-state index < -0.39 is 136 Å². The maximum atomic E-state index is 15.2. The number of pyridine rings is 1. The largest absolute Gasteiger partial charge is 0.477 e. The molecule has 0 radical (unpaired) electrons. The number of carboxylic acids is 1. The molecule has 77 heavy (non-hydrogen) atoms. The third-order valence-electron chi connectivity index (χ3n) is 16.5. The van der Waals surface area contributed by atoms with Crippen LogP contribution in [0.25, 0.3) is 10.9 Å². The molecule has 0 amide bonds. The van der Waals surface area contributed by atoms with E-state index in [4.69, 9.17) is 33.2 Å². The van der Waals surface area contributed by atoms with Crippen molar-refractivity contribution in [2.75, 3.05) is 46.2 Å². The molecule has 3 aliphatic heterocycles. The Labute approximate surface area is 450 Å². The number of likely N-dealkylation sites (N-methyl/N-ethyl adjacent to an activating group) is 1. The Morgan fingerprint density at radius 1 is 0.922 bits per heavy atom. The molecule has 4 heterocycles. The summed E-state index contributed by atoms with van der Waals surface area (Å²) < 4.78 is 61.2. The van der Waals surface area contributed by atoms with Gasteiger partial charge >= 0.3 is 17.9 Å². The third-order valence-corrected chi connectivity index (χ3v) is 16.5. The minimum atomic E-state index is -2.07. The average Bonchev–Trinajstić information content (AvgIpc) is 4.21. The van der Waals surface area contributed by atoms with Crippen molar-refractivity contribution >= 4 is 40.3 Å². The summed E-state index contributed by atoms with van der Waals surface area (Å²) in [6.45, 7) is 16.8. The van der Waals surface area contributed by atoms with Crippen LogP contribution in [-0.2, 0) is 47.5 Å². The van der Waals surface area contributed by atoms with Gasteiger partial charge in [-0.05, 0) is 99.9 Å². The summed E-state index contributed by atoms with van der Waals surface area (Å²) in [5.74, 6) is -8.10. The second-order valence-corrected chi connectivity index (χ2v) is 23.0. The number of carboxylic acid groups (broad SMARTS) is 1. The molecule has 1 saturated carbocycles. The normalized spacial score (nSPS) is 37.8. The van der Waals surface area contributed by atoms with Gasteiger partial charge in [0.1, 0.15) is 40.6 Å². The van der Waals surface area contributed by atoms with Gasteiger partial charge in [0.15, 0.2) is 18.7 Å². The lowest BCUT2D eigenvalue weighted by molar-refractivity contribution is -0.318. The Kier molecular flexibility index (Phi) is 20.2. The lowest BCUT2D eigenvalue weighted by atomic mass is 9.74.